The lowest BCUT2D eigenvalue weighted by Crippen LogP contribution is -1.93. The van der Waals surface area contributed by atoms with Crippen LogP contribution in [0, 0.1) is 0 Å². The Kier molecular flexibility index (Phi) is 4.14. The molecule has 0 N–H and O–H groups in total. The minimum atomic E-state index is 0.748. The summed E-state index contributed by atoms with van der Waals surface area (Å²) in [6.07, 6.45) is 0. The minimum absolute atomic E-state index is 0.748. The van der Waals surface area contributed by atoms with Crippen molar-refractivity contribution in [1.29, 1.82) is 0 Å². The van der Waals surface area contributed by atoms with E-state index in [1.54, 1.807) is 0 Å². The van der Waals surface area contributed by atoms with Crippen molar-refractivity contribution in [2.24, 2.45) is 0 Å². The summed E-state index contributed by atoms with van der Waals surface area (Å²) in [5.41, 5.74) is 5.97. The predicted octanol–water partition coefficient (Wildman–Crippen LogP) is 9.47. The largest absolute Gasteiger partial charge is 0.309 e. The number of thiophene rings is 1. The molecule has 0 saturated carbocycles. The van der Waals surface area contributed by atoms with Crippen molar-refractivity contribution in [1.82, 2.24) is 4.57 Å². The van der Waals surface area contributed by atoms with E-state index in [0.29, 0.717) is 0 Å². The van der Waals surface area contributed by atoms with E-state index in [2.05, 4.69) is 102 Å². The highest BCUT2D eigenvalue weighted by atomic mass is 35.5. The predicted molar refractivity (Wildman–Crippen MR) is 144 cm³/mol. The van der Waals surface area contributed by atoms with Crippen molar-refractivity contribution in [2.45, 2.75) is 0 Å². The second-order valence-corrected chi connectivity index (χ2v) is 9.83. The van der Waals surface area contributed by atoms with Crippen LogP contribution in [0.25, 0.3) is 58.8 Å². The van der Waals surface area contributed by atoms with E-state index in [9.17, 15) is 0 Å². The van der Waals surface area contributed by atoms with Gasteiger partial charge in [-0.2, -0.15) is 0 Å². The highest BCUT2D eigenvalue weighted by Gasteiger charge is 2.15. The Labute approximate surface area is 200 Å². The molecule has 0 radical (unpaired) electrons. The standard InChI is InChI=1S/C30H18ClNS/c31-20-14-15-23-26-17-19(13-16-27(26)32(28(23)18-20)21-7-2-1-3-8-21)22-10-6-11-25-24-9-4-5-12-29(24)33-30(22)25/h1-18H. The molecule has 0 atom stereocenters. The van der Waals surface area contributed by atoms with Crippen LogP contribution in [0.5, 0.6) is 0 Å². The average molecular weight is 460 g/mol. The average Bonchev–Trinajstić information content (AvgIpc) is 3.39. The van der Waals surface area contributed by atoms with Crippen molar-refractivity contribution in [3.8, 4) is 16.8 Å². The van der Waals surface area contributed by atoms with E-state index in [4.69, 9.17) is 11.6 Å². The van der Waals surface area contributed by atoms with Crippen molar-refractivity contribution in [2.75, 3.05) is 0 Å². The number of nitrogens with zero attached hydrogens (tertiary/aromatic N) is 1. The highest BCUT2D eigenvalue weighted by Crippen LogP contribution is 2.42. The van der Waals surface area contributed by atoms with Crippen molar-refractivity contribution < 1.29 is 0 Å². The van der Waals surface area contributed by atoms with Crippen LogP contribution in [0.3, 0.4) is 0 Å². The molecule has 0 spiro atoms. The third kappa shape index (κ3) is 2.85. The zero-order valence-electron chi connectivity index (χ0n) is 17.6. The van der Waals surface area contributed by atoms with Crippen molar-refractivity contribution in [3.05, 3.63) is 114 Å². The normalized spacial score (nSPS) is 11.8. The first-order valence-corrected chi connectivity index (χ1v) is 12.2. The molecule has 7 rings (SSSR count). The molecule has 156 valence electrons. The molecule has 0 aliphatic carbocycles. The first-order valence-electron chi connectivity index (χ1n) is 11.0. The maximum Gasteiger partial charge on any atom is 0.0555 e. The Bertz CT molecular complexity index is 1830. The molecule has 1 nitrogen and oxygen atoms in total. The maximum absolute atomic E-state index is 6.42. The highest BCUT2D eigenvalue weighted by molar-refractivity contribution is 7.26. The number of rotatable bonds is 2. The molecule has 5 aromatic carbocycles. The van der Waals surface area contributed by atoms with E-state index < -0.39 is 0 Å². The smallest absolute Gasteiger partial charge is 0.0555 e. The molecule has 0 bridgehead atoms. The van der Waals surface area contributed by atoms with E-state index in [-0.39, 0.29) is 0 Å². The maximum atomic E-state index is 6.42. The van der Waals surface area contributed by atoms with Crippen LogP contribution < -0.4 is 0 Å². The minimum Gasteiger partial charge on any atom is -0.309 e. The summed E-state index contributed by atoms with van der Waals surface area (Å²) in [7, 11) is 0. The number of aromatic nitrogens is 1. The van der Waals surface area contributed by atoms with Crippen LogP contribution in [-0.4, -0.2) is 4.57 Å². The quantitative estimate of drug-likeness (QED) is 0.242. The van der Waals surface area contributed by atoms with Gasteiger partial charge in [0.25, 0.3) is 0 Å². The van der Waals surface area contributed by atoms with Gasteiger partial charge in [0.1, 0.15) is 0 Å². The van der Waals surface area contributed by atoms with Crippen molar-refractivity contribution >= 4 is 64.9 Å². The fourth-order valence-corrected chi connectivity index (χ4v) is 6.40. The molecule has 0 aliphatic rings. The van der Waals surface area contributed by atoms with E-state index in [1.165, 1.54) is 47.6 Å². The zero-order chi connectivity index (χ0) is 21.9. The first kappa shape index (κ1) is 18.9. The fourth-order valence-electron chi connectivity index (χ4n) is 4.99. The van der Waals surface area contributed by atoms with Gasteiger partial charge in [0.15, 0.2) is 0 Å². The summed E-state index contributed by atoms with van der Waals surface area (Å²) in [4.78, 5) is 0. The number of benzene rings is 5. The molecule has 0 aliphatic heterocycles. The summed E-state index contributed by atoms with van der Waals surface area (Å²) >= 11 is 8.30. The van der Waals surface area contributed by atoms with Crippen LogP contribution in [0.1, 0.15) is 0 Å². The molecule has 33 heavy (non-hydrogen) atoms. The van der Waals surface area contributed by atoms with Crippen LogP contribution in [0.15, 0.2) is 109 Å². The van der Waals surface area contributed by atoms with Crippen LogP contribution in [0.4, 0.5) is 0 Å². The topological polar surface area (TPSA) is 4.93 Å². The van der Waals surface area contributed by atoms with Crippen LogP contribution >= 0.6 is 22.9 Å². The van der Waals surface area contributed by atoms with Gasteiger partial charge in [-0.15, -0.1) is 11.3 Å². The monoisotopic (exact) mass is 459 g/mol. The van der Waals surface area contributed by atoms with Gasteiger partial charge in [-0.3, -0.25) is 0 Å². The van der Waals surface area contributed by atoms with Gasteiger partial charge < -0.3 is 4.57 Å². The molecule has 0 saturated heterocycles. The summed E-state index contributed by atoms with van der Waals surface area (Å²) in [5.74, 6) is 0. The van der Waals surface area contributed by atoms with Gasteiger partial charge in [-0.1, -0.05) is 78.3 Å². The number of hydrogen-bond donors (Lipinski definition) is 0. The molecule has 7 aromatic rings. The van der Waals surface area contributed by atoms with Gasteiger partial charge in [0.2, 0.25) is 0 Å². The molecular weight excluding hydrogens is 442 g/mol. The third-order valence-corrected chi connectivity index (χ3v) is 7.91. The van der Waals surface area contributed by atoms with E-state index >= 15 is 0 Å². The summed E-state index contributed by atoms with van der Waals surface area (Å²) in [5, 5.41) is 5.85. The molecule has 2 heterocycles. The number of fused-ring (bicyclic) bond motifs is 6. The second-order valence-electron chi connectivity index (χ2n) is 8.34. The summed E-state index contributed by atoms with van der Waals surface area (Å²) in [6, 6.07) is 38.8. The molecule has 3 heteroatoms. The molecule has 0 amide bonds. The SMILES string of the molecule is Clc1ccc2c3cc(-c4cccc5c4sc4ccccc45)ccc3n(-c3ccccc3)c2c1. The van der Waals surface area contributed by atoms with Gasteiger partial charge >= 0.3 is 0 Å². The van der Waals surface area contributed by atoms with Crippen LogP contribution in [-0.2, 0) is 0 Å². The second kappa shape index (κ2) is 7.21. The van der Waals surface area contributed by atoms with Gasteiger partial charge in [-0.05, 0) is 53.6 Å². The van der Waals surface area contributed by atoms with Gasteiger partial charge in [0, 0.05) is 41.7 Å². The van der Waals surface area contributed by atoms with Crippen molar-refractivity contribution in [3.63, 3.8) is 0 Å². The summed E-state index contributed by atoms with van der Waals surface area (Å²) in [6.45, 7) is 0. The Balaban J connectivity index is 1.54. The molecule has 0 fully saturated rings. The van der Waals surface area contributed by atoms with Gasteiger partial charge in [0.05, 0.1) is 11.0 Å². The lowest BCUT2D eigenvalue weighted by Gasteiger charge is -2.08. The number of para-hydroxylation sites is 1. The number of halogens is 1. The Morgan fingerprint density at radius 2 is 1.39 bits per heavy atom. The lowest BCUT2D eigenvalue weighted by atomic mass is 10.0. The first-order chi connectivity index (χ1) is 16.3. The van der Waals surface area contributed by atoms with E-state index in [1.807, 2.05) is 23.5 Å². The Morgan fingerprint density at radius 1 is 0.576 bits per heavy atom. The fraction of sp³-hybridized carbons (Fsp3) is 0. The molecule has 2 aromatic heterocycles. The third-order valence-electron chi connectivity index (χ3n) is 6.46. The zero-order valence-corrected chi connectivity index (χ0v) is 19.2. The van der Waals surface area contributed by atoms with Crippen LogP contribution in [0.2, 0.25) is 5.02 Å². The summed E-state index contributed by atoms with van der Waals surface area (Å²) < 4.78 is 4.98. The van der Waals surface area contributed by atoms with Gasteiger partial charge in [-0.25, -0.2) is 0 Å². The molecular formula is C30H18ClNS. The van der Waals surface area contributed by atoms with E-state index in [0.717, 1.165) is 16.2 Å². The lowest BCUT2D eigenvalue weighted by molar-refractivity contribution is 1.18. The number of hydrogen-bond acceptors (Lipinski definition) is 1. The molecule has 0 unspecified atom stereocenters. The Morgan fingerprint density at radius 3 is 2.30 bits per heavy atom. The Hall–Kier alpha value is -3.59.